The van der Waals surface area contributed by atoms with Gasteiger partial charge in [-0.25, -0.2) is 4.98 Å². The van der Waals surface area contributed by atoms with Crippen molar-refractivity contribution in [2.75, 3.05) is 5.75 Å². The molecule has 0 aliphatic heterocycles. The van der Waals surface area contributed by atoms with Gasteiger partial charge in [-0.2, -0.15) is 5.10 Å². The summed E-state index contributed by atoms with van der Waals surface area (Å²) in [6, 6.07) is 0.368. The van der Waals surface area contributed by atoms with Gasteiger partial charge in [-0.3, -0.25) is 4.79 Å². The van der Waals surface area contributed by atoms with E-state index in [9.17, 15) is 4.79 Å². The number of carbonyl (C=O) groups excluding carboxylic acids is 1. The monoisotopic (exact) mass is 346 g/mol. The molecule has 0 spiro atoms. The van der Waals surface area contributed by atoms with E-state index in [-0.39, 0.29) is 16.7 Å². The van der Waals surface area contributed by atoms with E-state index in [1.807, 2.05) is 0 Å². The Balaban J connectivity index is 1.45. The van der Waals surface area contributed by atoms with Crippen LogP contribution < -0.4 is 5.32 Å². The summed E-state index contributed by atoms with van der Waals surface area (Å²) in [4.78, 5) is 16.9. The van der Waals surface area contributed by atoms with Crippen LogP contribution in [0.5, 0.6) is 0 Å². The van der Waals surface area contributed by atoms with Gasteiger partial charge < -0.3 is 5.32 Å². The number of hydrogen-bond acceptors (Lipinski definition) is 5. The predicted octanol–water partition coefficient (Wildman–Crippen LogP) is 3.20. The second-order valence-corrected chi connectivity index (χ2v) is 9.25. The number of rotatable bonds is 4. The van der Waals surface area contributed by atoms with Gasteiger partial charge in [0.1, 0.15) is 0 Å². The van der Waals surface area contributed by atoms with Crippen LogP contribution in [0.25, 0.3) is 0 Å². The molecule has 0 unspecified atom stereocenters. The minimum absolute atomic E-state index is 0.0871. The van der Waals surface area contributed by atoms with Gasteiger partial charge >= 0.3 is 0 Å². The van der Waals surface area contributed by atoms with Gasteiger partial charge in [0, 0.05) is 17.4 Å². The van der Waals surface area contributed by atoms with Crippen LogP contribution in [0.2, 0.25) is 0 Å². The fraction of sp³-hybridized carbons (Fsp3) is 0.778. The third kappa shape index (κ3) is 2.37. The molecule has 2 saturated carbocycles. The summed E-state index contributed by atoms with van der Waals surface area (Å²) < 4.78 is 0. The minimum Gasteiger partial charge on any atom is -0.353 e. The molecule has 2 bridgehead atoms. The van der Waals surface area contributed by atoms with Crippen LogP contribution in [0.1, 0.15) is 76.6 Å². The van der Waals surface area contributed by atoms with E-state index >= 15 is 0 Å². The Kier molecular flexibility index (Phi) is 3.86. The molecule has 2 atom stereocenters. The molecule has 1 heterocycles. The van der Waals surface area contributed by atoms with Gasteiger partial charge in [0.05, 0.1) is 17.1 Å². The Morgan fingerprint density at radius 2 is 1.96 bits per heavy atom. The number of amides is 1. The van der Waals surface area contributed by atoms with E-state index in [4.69, 9.17) is 4.98 Å². The average molecular weight is 347 g/mol. The Labute approximate surface area is 147 Å². The zero-order valence-electron chi connectivity index (χ0n) is 14.8. The molecule has 1 aromatic heterocycles. The van der Waals surface area contributed by atoms with Crippen molar-refractivity contribution in [1.29, 1.82) is 0 Å². The summed E-state index contributed by atoms with van der Waals surface area (Å²) in [6.45, 7) is 6.97. The summed E-state index contributed by atoms with van der Waals surface area (Å²) in [7, 11) is 0. The highest BCUT2D eigenvalue weighted by atomic mass is 32.2. The SMILES string of the molecule is CC1(C)[C@H]2CC[C@]1(C)c1nc(SCC(=O)NC3CCCC3)nnc12. The molecule has 24 heavy (non-hydrogen) atoms. The van der Waals surface area contributed by atoms with E-state index in [2.05, 4.69) is 36.3 Å². The molecule has 3 aliphatic rings. The van der Waals surface area contributed by atoms with Gasteiger partial charge in [-0.05, 0) is 31.1 Å². The Morgan fingerprint density at radius 3 is 2.71 bits per heavy atom. The molecular weight excluding hydrogens is 320 g/mol. The van der Waals surface area contributed by atoms with Gasteiger partial charge in [-0.15, -0.1) is 5.10 Å². The van der Waals surface area contributed by atoms with Crippen molar-refractivity contribution in [3.8, 4) is 0 Å². The molecule has 4 rings (SSSR count). The summed E-state index contributed by atoms with van der Waals surface area (Å²) in [5, 5.41) is 12.5. The average Bonchev–Trinajstić information content (AvgIpc) is 3.17. The van der Waals surface area contributed by atoms with Gasteiger partial charge in [-0.1, -0.05) is 45.4 Å². The standard InChI is InChI=1S/C18H26N4OS/c1-17(2)12-8-9-18(17,3)15-14(12)21-22-16(20-15)24-10-13(23)19-11-6-4-5-7-11/h11-12H,4-10H2,1-3H3,(H,19,23)/t12-,18+/m0/s1. The van der Waals surface area contributed by atoms with Crippen LogP contribution >= 0.6 is 11.8 Å². The summed E-state index contributed by atoms with van der Waals surface area (Å²) in [6.07, 6.45) is 7.03. The highest BCUT2D eigenvalue weighted by Crippen LogP contribution is 2.66. The summed E-state index contributed by atoms with van der Waals surface area (Å²) in [5.74, 6) is 0.937. The quantitative estimate of drug-likeness (QED) is 0.848. The predicted molar refractivity (Wildman–Crippen MR) is 94.1 cm³/mol. The molecule has 1 aromatic rings. The molecule has 1 amide bonds. The molecule has 5 nitrogen and oxygen atoms in total. The highest BCUT2D eigenvalue weighted by Gasteiger charge is 2.61. The number of fused-ring (bicyclic) bond motifs is 5. The third-order valence-electron chi connectivity index (χ3n) is 6.83. The lowest BCUT2D eigenvalue weighted by molar-refractivity contribution is -0.119. The Morgan fingerprint density at radius 1 is 1.21 bits per heavy atom. The van der Waals surface area contributed by atoms with Gasteiger partial charge in [0.25, 0.3) is 0 Å². The van der Waals surface area contributed by atoms with Crippen LogP contribution in [0, 0.1) is 5.41 Å². The van der Waals surface area contributed by atoms with E-state index < -0.39 is 0 Å². The van der Waals surface area contributed by atoms with E-state index in [0.29, 0.717) is 22.9 Å². The first kappa shape index (κ1) is 16.3. The molecular formula is C18H26N4OS. The van der Waals surface area contributed by atoms with Gasteiger partial charge in [0.15, 0.2) is 0 Å². The van der Waals surface area contributed by atoms with Crippen molar-refractivity contribution >= 4 is 17.7 Å². The fourth-order valence-corrected chi connectivity index (χ4v) is 5.49. The molecule has 130 valence electrons. The molecule has 0 aromatic carbocycles. The third-order valence-corrected chi connectivity index (χ3v) is 7.66. The van der Waals surface area contributed by atoms with Crippen molar-refractivity contribution in [3.05, 3.63) is 11.4 Å². The maximum atomic E-state index is 12.1. The Bertz CT molecular complexity index is 671. The molecule has 6 heteroatoms. The topological polar surface area (TPSA) is 67.8 Å². The van der Waals surface area contributed by atoms with Crippen LogP contribution in [-0.4, -0.2) is 32.9 Å². The number of aromatic nitrogens is 3. The molecule has 0 saturated heterocycles. The lowest BCUT2D eigenvalue weighted by Gasteiger charge is -2.33. The fourth-order valence-electron chi connectivity index (χ4n) is 4.89. The maximum absolute atomic E-state index is 12.1. The van der Waals surface area contributed by atoms with E-state index in [1.54, 1.807) is 0 Å². The normalized spacial score (nSPS) is 30.5. The largest absolute Gasteiger partial charge is 0.353 e. The zero-order chi connectivity index (χ0) is 16.9. The van der Waals surface area contributed by atoms with Crippen LogP contribution in [-0.2, 0) is 10.2 Å². The number of nitrogens with one attached hydrogen (secondary N) is 1. The van der Waals surface area contributed by atoms with Crippen LogP contribution in [0.3, 0.4) is 0 Å². The first-order valence-corrected chi connectivity index (χ1v) is 10.1. The van der Waals surface area contributed by atoms with E-state index in [0.717, 1.165) is 24.2 Å². The second-order valence-electron chi connectivity index (χ2n) is 8.31. The van der Waals surface area contributed by atoms with Crippen molar-refractivity contribution < 1.29 is 4.79 Å². The van der Waals surface area contributed by atoms with Crippen molar-refractivity contribution in [1.82, 2.24) is 20.5 Å². The molecule has 1 N–H and O–H groups in total. The first-order valence-electron chi connectivity index (χ1n) is 9.09. The Hall–Kier alpha value is -1.17. The first-order chi connectivity index (χ1) is 11.4. The van der Waals surface area contributed by atoms with Crippen LogP contribution in [0.15, 0.2) is 5.16 Å². The smallest absolute Gasteiger partial charge is 0.230 e. The molecule has 0 radical (unpaired) electrons. The second kappa shape index (κ2) is 5.68. The van der Waals surface area contributed by atoms with Crippen molar-refractivity contribution in [3.63, 3.8) is 0 Å². The lowest BCUT2D eigenvalue weighted by Crippen LogP contribution is -2.34. The maximum Gasteiger partial charge on any atom is 0.230 e. The zero-order valence-corrected chi connectivity index (χ0v) is 15.6. The number of nitrogens with zero attached hydrogens (tertiary/aromatic N) is 3. The minimum atomic E-state index is 0.0871. The van der Waals surface area contributed by atoms with Crippen molar-refractivity contribution in [2.24, 2.45) is 5.41 Å². The summed E-state index contributed by atoms with van der Waals surface area (Å²) >= 11 is 1.41. The number of thioether (sulfide) groups is 1. The van der Waals surface area contributed by atoms with Crippen LogP contribution in [0.4, 0.5) is 0 Å². The molecule has 2 fully saturated rings. The lowest BCUT2D eigenvalue weighted by atomic mass is 9.70. The van der Waals surface area contributed by atoms with Crippen molar-refractivity contribution in [2.45, 2.75) is 81.8 Å². The highest BCUT2D eigenvalue weighted by molar-refractivity contribution is 7.99. The summed E-state index contributed by atoms with van der Waals surface area (Å²) in [5.41, 5.74) is 2.50. The number of carbonyl (C=O) groups is 1. The van der Waals surface area contributed by atoms with Gasteiger partial charge in [0.2, 0.25) is 11.1 Å². The molecule has 3 aliphatic carbocycles. The number of hydrogen-bond donors (Lipinski definition) is 1. The van der Waals surface area contributed by atoms with E-state index in [1.165, 1.54) is 37.4 Å².